The van der Waals surface area contributed by atoms with Crippen molar-refractivity contribution in [2.24, 2.45) is 0 Å². The van der Waals surface area contributed by atoms with Gasteiger partial charge in [0.2, 0.25) is 11.8 Å². The molecule has 2 amide bonds. The fourth-order valence-corrected chi connectivity index (χ4v) is 4.96. The second-order valence-electron chi connectivity index (χ2n) is 8.72. The Morgan fingerprint density at radius 1 is 0.811 bits per heavy atom. The standard InChI is InChI=1S/C31H29FN2O2S/c1-2-19-33(31(36)30(25-10-5-3-6-11-25)26-12-7-4-8-13-26)23-29(35)34(22-28-14-9-20-37-28)21-24-15-17-27(32)18-16-24/h2-18,20,30H,1,19,21-23H2. The van der Waals surface area contributed by atoms with Crippen LogP contribution in [0.2, 0.25) is 0 Å². The number of benzene rings is 3. The molecule has 0 radical (unpaired) electrons. The van der Waals surface area contributed by atoms with E-state index in [-0.39, 0.29) is 30.7 Å². The third-order valence-corrected chi connectivity index (χ3v) is 6.93. The van der Waals surface area contributed by atoms with E-state index < -0.39 is 5.92 Å². The van der Waals surface area contributed by atoms with Crippen LogP contribution in [0.25, 0.3) is 0 Å². The zero-order valence-electron chi connectivity index (χ0n) is 20.5. The second-order valence-corrected chi connectivity index (χ2v) is 9.75. The molecule has 0 aliphatic carbocycles. The van der Waals surface area contributed by atoms with Gasteiger partial charge in [0.25, 0.3) is 0 Å². The lowest BCUT2D eigenvalue weighted by molar-refractivity contribution is -0.141. The molecule has 0 bridgehead atoms. The van der Waals surface area contributed by atoms with Gasteiger partial charge in [0.1, 0.15) is 12.4 Å². The quantitative estimate of drug-likeness (QED) is 0.223. The Morgan fingerprint density at radius 3 is 1.97 bits per heavy atom. The zero-order valence-corrected chi connectivity index (χ0v) is 21.3. The average Bonchev–Trinajstić information content (AvgIpc) is 3.44. The third-order valence-electron chi connectivity index (χ3n) is 6.07. The van der Waals surface area contributed by atoms with Crippen LogP contribution in [-0.2, 0) is 22.7 Å². The fourth-order valence-electron chi connectivity index (χ4n) is 4.24. The van der Waals surface area contributed by atoms with E-state index in [0.29, 0.717) is 13.1 Å². The highest BCUT2D eigenvalue weighted by atomic mass is 32.1. The molecule has 0 saturated heterocycles. The van der Waals surface area contributed by atoms with Crippen molar-refractivity contribution in [1.82, 2.24) is 9.80 Å². The van der Waals surface area contributed by atoms with Crippen molar-refractivity contribution < 1.29 is 14.0 Å². The van der Waals surface area contributed by atoms with Gasteiger partial charge in [-0.25, -0.2) is 4.39 Å². The van der Waals surface area contributed by atoms with E-state index in [9.17, 15) is 14.0 Å². The SMILES string of the molecule is C=CCN(CC(=O)N(Cc1ccc(F)cc1)Cc1cccs1)C(=O)C(c1ccccc1)c1ccccc1. The largest absolute Gasteiger partial charge is 0.332 e. The molecule has 0 saturated carbocycles. The number of carbonyl (C=O) groups is 2. The predicted molar refractivity (Wildman–Crippen MR) is 146 cm³/mol. The molecule has 1 heterocycles. The molecule has 0 unspecified atom stereocenters. The lowest BCUT2D eigenvalue weighted by Gasteiger charge is -2.30. The van der Waals surface area contributed by atoms with Crippen LogP contribution >= 0.6 is 11.3 Å². The van der Waals surface area contributed by atoms with E-state index >= 15 is 0 Å². The van der Waals surface area contributed by atoms with Crippen molar-refractivity contribution in [3.05, 3.63) is 142 Å². The molecule has 4 aromatic rings. The highest BCUT2D eigenvalue weighted by Crippen LogP contribution is 2.27. The number of thiophene rings is 1. The van der Waals surface area contributed by atoms with E-state index in [1.165, 1.54) is 12.1 Å². The molecule has 0 aliphatic heterocycles. The Labute approximate surface area is 221 Å². The number of hydrogen-bond donors (Lipinski definition) is 0. The van der Waals surface area contributed by atoms with Gasteiger partial charge in [0, 0.05) is 18.0 Å². The lowest BCUT2D eigenvalue weighted by Crippen LogP contribution is -2.44. The van der Waals surface area contributed by atoms with Crippen molar-refractivity contribution in [3.63, 3.8) is 0 Å². The van der Waals surface area contributed by atoms with Gasteiger partial charge < -0.3 is 9.80 Å². The van der Waals surface area contributed by atoms with E-state index in [2.05, 4.69) is 6.58 Å². The smallest absolute Gasteiger partial charge is 0.242 e. The van der Waals surface area contributed by atoms with Crippen LogP contribution < -0.4 is 0 Å². The van der Waals surface area contributed by atoms with Gasteiger partial charge in [-0.2, -0.15) is 0 Å². The molecule has 0 atom stereocenters. The molecule has 37 heavy (non-hydrogen) atoms. The van der Waals surface area contributed by atoms with Gasteiger partial charge >= 0.3 is 0 Å². The molecule has 188 valence electrons. The molecule has 0 aliphatic rings. The maximum absolute atomic E-state index is 14.0. The molecular weight excluding hydrogens is 483 g/mol. The van der Waals surface area contributed by atoms with E-state index in [1.54, 1.807) is 39.3 Å². The molecule has 0 spiro atoms. The first kappa shape index (κ1) is 26.0. The molecule has 0 N–H and O–H groups in total. The summed E-state index contributed by atoms with van der Waals surface area (Å²) in [4.78, 5) is 31.9. The minimum Gasteiger partial charge on any atom is -0.332 e. The summed E-state index contributed by atoms with van der Waals surface area (Å²) in [5, 5.41) is 1.97. The van der Waals surface area contributed by atoms with Crippen LogP contribution in [0.1, 0.15) is 27.5 Å². The number of halogens is 1. The summed E-state index contributed by atoms with van der Waals surface area (Å²) in [5.74, 6) is -1.22. The molecule has 6 heteroatoms. The monoisotopic (exact) mass is 512 g/mol. The van der Waals surface area contributed by atoms with Crippen molar-refractivity contribution in [2.45, 2.75) is 19.0 Å². The molecule has 4 rings (SSSR count). The van der Waals surface area contributed by atoms with Gasteiger partial charge in [-0.15, -0.1) is 17.9 Å². The van der Waals surface area contributed by atoms with Crippen LogP contribution in [-0.4, -0.2) is 34.7 Å². The first-order chi connectivity index (χ1) is 18.0. The Kier molecular flexibility index (Phi) is 9.00. The Morgan fingerprint density at radius 2 is 1.43 bits per heavy atom. The molecule has 1 aromatic heterocycles. The minimum absolute atomic E-state index is 0.0897. The summed E-state index contributed by atoms with van der Waals surface area (Å²) >= 11 is 1.57. The predicted octanol–water partition coefficient (Wildman–Crippen LogP) is 6.26. The van der Waals surface area contributed by atoms with Crippen LogP contribution in [0.15, 0.2) is 115 Å². The third kappa shape index (κ3) is 7.02. The summed E-state index contributed by atoms with van der Waals surface area (Å²) in [6.07, 6.45) is 1.64. The maximum atomic E-state index is 14.0. The van der Waals surface area contributed by atoms with Gasteiger partial charge in [-0.3, -0.25) is 9.59 Å². The van der Waals surface area contributed by atoms with Crippen LogP contribution in [0.5, 0.6) is 0 Å². The van der Waals surface area contributed by atoms with E-state index in [0.717, 1.165) is 21.6 Å². The van der Waals surface area contributed by atoms with Crippen molar-refractivity contribution in [1.29, 1.82) is 0 Å². The molecule has 3 aromatic carbocycles. The molecule has 4 nitrogen and oxygen atoms in total. The number of amides is 2. The van der Waals surface area contributed by atoms with Gasteiger partial charge in [0.05, 0.1) is 12.5 Å². The lowest BCUT2D eigenvalue weighted by atomic mass is 9.90. The first-order valence-electron chi connectivity index (χ1n) is 12.1. The normalized spacial score (nSPS) is 10.8. The Balaban J connectivity index is 1.60. The first-order valence-corrected chi connectivity index (χ1v) is 13.0. The Bertz CT molecular complexity index is 1250. The van der Waals surface area contributed by atoms with E-state index in [4.69, 9.17) is 0 Å². The highest BCUT2D eigenvalue weighted by molar-refractivity contribution is 7.09. The summed E-state index contributed by atoms with van der Waals surface area (Å²) in [7, 11) is 0. The van der Waals surface area contributed by atoms with Crippen LogP contribution in [0, 0.1) is 5.82 Å². The fraction of sp³-hybridized carbons (Fsp3) is 0.161. The Hall–Kier alpha value is -4.03. The summed E-state index contributed by atoms with van der Waals surface area (Å²) < 4.78 is 13.5. The van der Waals surface area contributed by atoms with Crippen molar-refractivity contribution >= 4 is 23.2 Å². The van der Waals surface area contributed by atoms with Crippen molar-refractivity contribution in [3.8, 4) is 0 Å². The zero-order chi connectivity index (χ0) is 26.0. The number of carbonyl (C=O) groups excluding carboxylic acids is 2. The summed E-state index contributed by atoms with van der Waals surface area (Å²) in [6.45, 7) is 4.70. The van der Waals surface area contributed by atoms with Crippen LogP contribution in [0.3, 0.4) is 0 Å². The van der Waals surface area contributed by atoms with E-state index in [1.807, 2.05) is 78.2 Å². The number of nitrogens with zero attached hydrogens (tertiary/aromatic N) is 2. The average molecular weight is 513 g/mol. The minimum atomic E-state index is -0.544. The van der Waals surface area contributed by atoms with Gasteiger partial charge in [0.15, 0.2) is 0 Å². The number of rotatable bonds is 11. The topological polar surface area (TPSA) is 40.6 Å². The molecule has 0 fully saturated rings. The van der Waals surface area contributed by atoms with Gasteiger partial charge in [-0.05, 0) is 40.3 Å². The summed E-state index contributed by atoms with van der Waals surface area (Å²) in [6, 6.07) is 29.3. The molecular formula is C31H29FN2O2S. The second kappa shape index (κ2) is 12.8. The van der Waals surface area contributed by atoms with Gasteiger partial charge in [-0.1, -0.05) is 84.9 Å². The summed E-state index contributed by atoms with van der Waals surface area (Å²) in [5.41, 5.74) is 2.54. The highest BCUT2D eigenvalue weighted by Gasteiger charge is 2.29. The van der Waals surface area contributed by atoms with Crippen molar-refractivity contribution in [2.75, 3.05) is 13.1 Å². The van der Waals surface area contributed by atoms with Crippen LogP contribution in [0.4, 0.5) is 4.39 Å². The number of hydrogen-bond acceptors (Lipinski definition) is 3. The maximum Gasteiger partial charge on any atom is 0.242 e.